The minimum Gasteiger partial charge on any atom is -0.399 e. The van der Waals surface area contributed by atoms with Gasteiger partial charge < -0.3 is 15.5 Å². The normalized spacial score (nSPS) is 19.9. The maximum absolute atomic E-state index is 12.5. The Bertz CT molecular complexity index is 579. The lowest BCUT2D eigenvalue weighted by molar-refractivity contribution is -0.134. The highest BCUT2D eigenvalue weighted by Gasteiger charge is 2.27. The first kappa shape index (κ1) is 15.8. The smallest absolute Gasteiger partial charge is 0.253 e. The van der Waals surface area contributed by atoms with Gasteiger partial charge in [-0.05, 0) is 49.8 Å². The van der Waals surface area contributed by atoms with Gasteiger partial charge in [0.25, 0.3) is 5.91 Å². The molecule has 5 heteroatoms. The fourth-order valence-corrected chi connectivity index (χ4v) is 3.54. The molecular weight excluding hydrogens is 290 g/mol. The fraction of sp³-hybridized carbons (Fsp3) is 0.556. The van der Waals surface area contributed by atoms with E-state index in [-0.39, 0.29) is 5.91 Å². The number of carbonyl (C=O) groups excluding carboxylic acids is 2. The Hall–Kier alpha value is -2.04. The molecule has 0 atom stereocenters. The van der Waals surface area contributed by atoms with Gasteiger partial charge in [-0.2, -0.15) is 0 Å². The topological polar surface area (TPSA) is 66.6 Å². The van der Waals surface area contributed by atoms with E-state index in [1.54, 1.807) is 12.1 Å². The van der Waals surface area contributed by atoms with Gasteiger partial charge >= 0.3 is 0 Å². The third-order valence-electron chi connectivity index (χ3n) is 4.94. The summed E-state index contributed by atoms with van der Waals surface area (Å²) in [5, 5.41) is 0. The van der Waals surface area contributed by atoms with Crippen LogP contribution in [0.15, 0.2) is 24.3 Å². The van der Waals surface area contributed by atoms with Crippen LogP contribution < -0.4 is 5.73 Å². The summed E-state index contributed by atoms with van der Waals surface area (Å²) in [5.74, 6) is 0.876. The van der Waals surface area contributed by atoms with Crippen molar-refractivity contribution >= 4 is 17.5 Å². The maximum Gasteiger partial charge on any atom is 0.253 e. The number of nitrogens with zero attached hydrogens (tertiary/aromatic N) is 2. The summed E-state index contributed by atoms with van der Waals surface area (Å²) in [4.78, 5) is 28.3. The van der Waals surface area contributed by atoms with Gasteiger partial charge in [0.05, 0.1) is 0 Å². The lowest BCUT2D eigenvalue weighted by atomic mass is 9.94. The molecule has 5 nitrogen and oxygen atoms in total. The molecule has 2 heterocycles. The number of hydrogen-bond donors (Lipinski definition) is 1. The number of anilines is 1. The molecule has 0 saturated carbocycles. The van der Waals surface area contributed by atoms with Crippen molar-refractivity contribution in [2.75, 3.05) is 31.9 Å². The highest BCUT2D eigenvalue weighted by atomic mass is 16.2. The molecule has 0 aliphatic carbocycles. The van der Waals surface area contributed by atoms with Gasteiger partial charge in [-0.25, -0.2) is 0 Å². The third kappa shape index (κ3) is 3.84. The molecule has 2 amide bonds. The molecule has 2 aliphatic rings. The van der Waals surface area contributed by atoms with Crippen molar-refractivity contribution < 1.29 is 9.59 Å². The van der Waals surface area contributed by atoms with Crippen molar-refractivity contribution in [1.82, 2.24) is 9.80 Å². The monoisotopic (exact) mass is 315 g/mol. The zero-order valence-electron chi connectivity index (χ0n) is 13.5. The fourth-order valence-electron chi connectivity index (χ4n) is 3.54. The number of carbonyl (C=O) groups is 2. The predicted molar refractivity (Wildman–Crippen MR) is 89.9 cm³/mol. The summed E-state index contributed by atoms with van der Waals surface area (Å²) >= 11 is 0. The summed E-state index contributed by atoms with van der Waals surface area (Å²) in [6.07, 6.45) is 4.80. The van der Waals surface area contributed by atoms with Crippen LogP contribution in [-0.4, -0.2) is 47.8 Å². The molecular formula is C18H25N3O2. The van der Waals surface area contributed by atoms with E-state index in [1.165, 1.54) is 0 Å². The van der Waals surface area contributed by atoms with Crippen molar-refractivity contribution in [3.05, 3.63) is 29.8 Å². The zero-order valence-corrected chi connectivity index (χ0v) is 13.5. The molecule has 0 unspecified atom stereocenters. The molecule has 2 aliphatic heterocycles. The second-order valence-electron chi connectivity index (χ2n) is 6.66. The minimum atomic E-state index is 0.0600. The highest BCUT2D eigenvalue weighted by molar-refractivity contribution is 5.95. The second kappa shape index (κ2) is 7.02. The van der Waals surface area contributed by atoms with Crippen molar-refractivity contribution in [1.29, 1.82) is 0 Å². The van der Waals surface area contributed by atoms with E-state index in [4.69, 9.17) is 5.73 Å². The van der Waals surface area contributed by atoms with Crippen LogP contribution in [-0.2, 0) is 4.79 Å². The molecule has 0 spiro atoms. The van der Waals surface area contributed by atoms with E-state index in [0.717, 1.165) is 51.9 Å². The first-order valence-corrected chi connectivity index (χ1v) is 8.56. The van der Waals surface area contributed by atoms with E-state index in [1.807, 2.05) is 21.9 Å². The molecule has 0 bridgehead atoms. The van der Waals surface area contributed by atoms with Gasteiger partial charge in [0.2, 0.25) is 5.91 Å². The summed E-state index contributed by atoms with van der Waals surface area (Å²) in [5.41, 5.74) is 7.04. The highest BCUT2D eigenvalue weighted by Crippen LogP contribution is 2.22. The molecule has 2 saturated heterocycles. The lowest BCUT2D eigenvalue weighted by Crippen LogP contribution is -2.44. The van der Waals surface area contributed by atoms with Crippen molar-refractivity contribution in [2.45, 2.75) is 32.1 Å². The first-order valence-electron chi connectivity index (χ1n) is 8.56. The largest absolute Gasteiger partial charge is 0.399 e. The zero-order chi connectivity index (χ0) is 16.2. The maximum atomic E-state index is 12.5. The van der Waals surface area contributed by atoms with Crippen LogP contribution >= 0.6 is 0 Å². The Morgan fingerprint density at radius 2 is 1.96 bits per heavy atom. The van der Waals surface area contributed by atoms with E-state index in [0.29, 0.717) is 29.5 Å². The minimum absolute atomic E-state index is 0.0600. The van der Waals surface area contributed by atoms with Gasteiger partial charge in [0, 0.05) is 43.9 Å². The van der Waals surface area contributed by atoms with Crippen LogP contribution in [0.4, 0.5) is 5.69 Å². The van der Waals surface area contributed by atoms with Crippen LogP contribution in [0.25, 0.3) is 0 Å². The first-order chi connectivity index (χ1) is 11.1. The lowest BCUT2D eigenvalue weighted by Gasteiger charge is -2.36. The number of nitrogen functional groups attached to an aromatic ring is 1. The molecule has 0 aromatic heterocycles. The molecule has 0 radical (unpaired) electrons. The molecule has 2 fully saturated rings. The van der Waals surface area contributed by atoms with Crippen LogP contribution in [0.1, 0.15) is 42.5 Å². The van der Waals surface area contributed by atoms with Gasteiger partial charge in [-0.1, -0.05) is 6.07 Å². The number of likely N-dealkylation sites (tertiary alicyclic amines) is 2. The standard InChI is InChI=1S/C18H25N3O2/c19-16-5-3-4-15(12-16)18(23)20-10-7-14(8-11-20)13-21-9-2-1-6-17(21)22/h3-5,12,14H,1-2,6-11,13,19H2. The molecule has 3 rings (SSSR count). The van der Waals surface area contributed by atoms with Crippen molar-refractivity contribution in [2.24, 2.45) is 5.92 Å². The number of amides is 2. The number of benzene rings is 1. The molecule has 2 N–H and O–H groups in total. The summed E-state index contributed by atoms with van der Waals surface area (Å²) in [6.45, 7) is 3.29. The Morgan fingerprint density at radius 3 is 2.65 bits per heavy atom. The van der Waals surface area contributed by atoms with E-state index in [2.05, 4.69) is 0 Å². The summed E-state index contributed by atoms with van der Waals surface area (Å²) in [6, 6.07) is 7.16. The molecule has 1 aromatic rings. The average Bonchev–Trinajstić information content (AvgIpc) is 2.57. The third-order valence-corrected chi connectivity index (χ3v) is 4.94. The van der Waals surface area contributed by atoms with Crippen molar-refractivity contribution in [3.63, 3.8) is 0 Å². The number of hydrogen-bond acceptors (Lipinski definition) is 3. The van der Waals surface area contributed by atoms with E-state index >= 15 is 0 Å². The van der Waals surface area contributed by atoms with Gasteiger partial charge in [0.15, 0.2) is 0 Å². The quantitative estimate of drug-likeness (QED) is 0.869. The SMILES string of the molecule is Nc1cccc(C(=O)N2CCC(CN3CCCCC3=O)CC2)c1. The summed E-state index contributed by atoms with van der Waals surface area (Å²) < 4.78 is 0. The molecule has 1 aromatic carbocycles. The van der Waals surface area contributed by atoms with Gasteiger partial charge in [-0.15, -0.1) is 0 Å². The van der Waals surface area contributed by atoms with E-state index < -0.39 is 0 Å². The Morgan fingerprint density at radius 1 is 1.17 bits per heavy atom. The van der Waals surface area contributed by atoms with Gasteiger partial charge in [0.1, 0.15) is 0 Å². The van der Waals surface area contributed by atoms with Crippen LogP contribution in [0, 0.1) is 5.92 Å². The number of piperidine rings is 2. The van der Waals surface area contributed by atoms with Crippen LogP contribution in [0.3, 0.4) is 0 Å². The average molecular weight is 315 g/mol. The van der Waals surface area contributed by atoms with E-state index in [9.17, 15) is 9.59 Å². The Labute approximate surface area is 137 Å². The number of rotatable bonds is 3. The molecule has 124 valence electrons. The van der Waals surface area contributed by atoms with Crippen molar-refractivity contribution in [3.8, 4) is 0 Å². The van der Waals surface area contributed by atoms with Crippen LogP contribution in [0.2, 0.25) is 0 Å². The number of nitrogens with two attached hydrogens (primary N) is 1. The molecule has 23 heavy (non-hydrogen) atoms. The predicted octanol–water partition coefficient (Wildman–Crippen LogP) is 2.13. The second-order valence-corrected chi connectivity index (χ2v) is 6.66. The Balaban J connectivity index is 1.52. The summed E-state index contributed by atoms with van der Waals surface area (Å²) in [7, 11) is 0. The Kier molecular flexibility index (Phi) is 4.84. The van der Waals surface area contributed by atoms with Crippen LogP contribution in [0.5, 0.6) is 0 Å². The van der Waals surface area contributed by atoms with Gasteiger partial charge in [-0.3, -0.25) is 9.59 Å².